The minimum absolute atomic E-state index is 0.982. The fourth-order valence-corrected chi connectivity index (χ4v) is 2.78. The van der Waals surface area contributed by atoms with Gasteiger partial charge in [0.15, 0.2) is 0 Å². The lowest BCUT2D eigenvalue weighted by Crippen LogP contribution is -2.03. The second-order valence-electron chi connectivity index (χ2n) is 5.27. The molecule has 1 rings (SSSR count). The Balaban J connectivity index is 2.09. The predicted octanol–water partition coefficient (Wildman–Crippen LogP) is 4.64. The average molecular weight is 182 g/mol. The molecule has 0 aromatic heterocycles. The van der Waals surface area contributed by atoms with Crippen LogP contribution >= 0.6 is 0 Å². The maximum Gasteiger partial charge on any atom is -0.0409 e. The Morgan fingerprint density at radius 3 is 2.62 bits per heavy atom. The molecule has 3 atom stereocenters. The number of hydrogen-bond acceptors (Lipinski definition) is 0. The summed E-state index contributed by atoms with van der Waals surface area (Å²) < 4.78 is 0. The summed E-state index contributed by atoms with van der Waals surface area (Å²) >= 11 is 0. The van der Waals surface area contributed by atoms with Crippen LogP contribution in [0, 0.1) is 17.8 Å². The van der Waals surface area contributed by atoms with Crippen LogP contribution in [0.5, 0.6) is 0 Å². The summed E-state index contributed by atoms with van der Waals surface area (Å²) in [6.07, 6.45) is 10.3. The van der Waals surface area contributed by atoms with Gasteiger partial charge < -0.3 is 0 Å². The van der Waals surface area contributed by atoms with E-state index in [0.717, 1.165) is 17.8 Å². The van der Waals surface area contributed by atoms with Crippen molar-refractivity contribution in [2.24, 2.45) is 17.8 Å². The first-order valence-corrected chi connectivity index (χ1v) is 6.22. The Hall–Kier alpha value is 0. The summed E-state index contributed by atoms with van der Waals surface area (Å²) in [4.78, 5) is 0. The summed E-state index contributed by atoms with van der Waals surface area (Å²) in [7, 11) is 0. The van der Waals surface area contributed by atoms with Gasteiger partial charge in [-0.2, -0.15) is 0 Å². The van der Waals surface area contributed by atoms with Gasteiger partial charge in [-0.05, 0) is 30.6 Å². The van der Waals surface area contributed by atoms with E-state index in [0.29, 0.717) is 0 Å². The van der Waals surface area contributed by atoms with E-state index in [4.69, 9.17) is 0 Å². The van der Waals surface area contributed by atoms with Crippen molar-refractivity contribution in [1.29, 1.82) is 0 Å². The van der Waals surface area contributed by atoms with E-state index < -0.39 is 0 Å². The second-order valence-corrected chi connectivity index (χ2v) is 5.27. The van der Waals surface area contributed by atoms with Gasteiger partial charge in [-0.25, -0.2) is 0 Å². The van der Waals surface area contributed by atoms with E-state index in [-0.39, 0.29) is 0 Å². The average Bonchev–Trinajstić information content (AvgIpc) is 2.48. The van der Waals surface area contributed by atoms with Gasteiger partial charge in [0.1, 0.15) is 0 Å². The quantitative estimate of drug-likeness (QED) is 0.581. The number of hydrogen-bond donors (Lipinski definition) is 0. The molecule has 0 saturated heterocycles. The van der Waals surface area contributed by atoms with Crippen LogP contribution < -0.4 is 0 Å². The van der Waals surface area contributed by atoms with Crippen molar-refractivity contribution in [2.75, 3.05) is 0 Å². The molecule has 0 heterocycles. The number of rotatable bonds is 5. The first-order chi connectivity index (χ1) is 6.22. The Labute approximate surface area is 84.1 Å². The summed E-state index contributed by atoms with van der Waals surface area (Å²) in [6, 6.07) is 0. The molecule has 13 heavy (non-hydrogen) atoms. The van der Waals surface area contributed by atoms with Crippen LogP contribution in [0.3, 0.4) is 0 Å². The lowest BCUT2D eigenvalue weighted by molar-refractivity contribution is 0.365. The molecular formula is C13H26. The molecule has 0 N–H and O–H groups in total. The molecule has 0 bridgehead atoms. The fourth-order valence-electron chi connectivity index (χ4n) is 2.78. The standard InChI is InChI=1S/C13H26/c1-4-5-6-11(2)9-13-8-7-12(3)10-13/h11-13H,4-10H2,1-3H3. The zero-order valence-corrected chi connectivity index (χ0v) is 9.68. The van der Waals surface area contributed by atoms with Crippen molar-refractivity contribution >= 4 is 0 Å². The minimum atomic E-state index is 0.982. The topological polar surface area (TPSA) is 0 Å². The molecule has 3 unspecified atom stereocenters. The zero-order chi connectivity index (χ0) is 9.68. The summed E-state index contributed by atoms with van der Waals surface area (Å²) in [5.41, 5.74) is 0. The van der Waals surface area contributed by atoms with Gasteiger partial charge in [-0.15, -0.1) is 0 Å². The van der Waals surface area contributed by atoms with Gasteiger partial charge >= 0.3 is 0 Å². The molecular weight excluding hydrogens is 156 g/mol. The van der Waals surface area contributed by atoms with Crippen LogP contribution in [-0.2, 0) is 0 Å². The highest BCUT2D eigenvalue weighted by molar-refractivity contribution is 4.74. The van der Waals surface area contributed by atoms with Gasteiger partial charge in [0, 0.05) is 0 Å². The third-order valence-corrected chi connectivity index (χ3v) is 3.59. The second kappa shape index (κ2) is 5.67. The van der Waals surface area contributed by atoms with E-state index >= 15 is 0 Å². The smallest absolute Gasteiger partial charge is 0.0409 e. The van der Waals surface area contributed by atoms with E-state index in [1.54, 1.807) is 0 Å². The van der Waals surface area contributed by atoms with E-state index in [2.05, 4.69) is 20.8 Å². The van der Waals surface area contributed by atoms with Crippen molar-refractivity contribution in [2.45, 2.75) is 65.7 Å². The molecule has 78 valence electrons. The zero-order valence-electron chi connectivity index (χ0n) is 9.68. The lowest BCUT2D eigenvalue weighted by atomic mass is 9.90. The van der Waals surface area contributed by atoms with Crippen molar-refractivity contribution < 1.29 is 0 Å². The number of unbranched alkanes of at least 4 members (excludes halogenated alkanes) is 1. The minimum Gasteiger partial charge on any atom is -0.0654 e. The summed E-state index contributed by atoms with van der Waals surface area (Å²) in [6.45, 7) is 7.15. The van der Waals surface area contributed by atoms with E-state index in [1.807, 2.05) is 0 Å². The molecule has 0 aromatic carbocycles. The largest absolute Gasteiger partial charge is 0.0654 e. The molecule has 0 aromatic rings. The third kappa shape index (κ3) is 4.15. The van der Waals surface area contributed by atoms with Gasteiger partial charge in [-0.3, -0.25) is 0 Å². The molecule has 0 nitrogen and oxygen atoms in total. The Morgan fingerprint density at radius 2 is 2.08 bits per heavy atom. The van der Waals surface area contributed by atoms with E-state index in [1.165, 1.54) is 44.9 Å². The first-order valence-electron chi connectivity index (χ1n) is 6.22. The van der Waals surface area contributed by atoms with Crippen molar-refractivity contribution in [3.63, 3.8) is 0 Å². The van der Waals surface area contributed by atoms with Gasteiger partial charge in [0.05, 0.1) is 0 Å². The molecule has 0 amide bonds. The maximum atomic E-state index is 2.44. The normalized spacial score (nSPS) is 30.7. The molecule has 1 fully saturated rings. The Morgan fingerprint density at radius 1 is 1.31 bits per heavy atom. The van der Waals surface area contributed by atoms with Gasteiger partial charge in [-0.1, -0.05) is 52.9 Å². The van der Waals surface area contributed by atoms with Crippen molar-refractivity contribution in [3.05, 3.63) is 0 Å². The SMILES string of the molecule is CCCCC(C)CC1CCC(C)C1. The highest BCUT2D eigenvalue weighted by Crippen LogP contribution is 2.35. The van der Waals surface area contributed by atoms with Crippen LogP contribution in [0.1, 0.15) is 65.7 Å². The van der Waals surface area contributed by atoms with Crippen LogP contribution in [0.4, 0.5) is 0 Å². The highest BCUT2D eigenvalue weighted by Gasteiger charge is 2.22. The third-order valence-electron chi connectivity index (χ3n) is 3.59. The molecule has 0 aliphatic heterocycles. The lowest BCUT2D eigenvalue weighted by Gasteiger charge is -2.15. The molecule has 1 aliphatic rings. The molecule has 1 aliphatic carbocycles. The van der Waals surface area contributed by atoms with Crippen molar-refractivity contribution in [3.8, 4) is 0 Å². The van der Waals surface area contributed by atoms with Gasteiger partial charge in [0.2, 0.25) is 0 Å². The summed E-state index contributed by atoms with van der Waals surface area (Å²) in [5, 5.41) is 0. The first kappa shape index (κ1) is 11.1. The predicted molar refractivity (Wildman–Crippen MR) is 59.8 cm³/mol. The summed E-state index contributed by atoms with van der Waals surface area (Å²) in [5.74, 6) is 3.07. The maximum absolute atomic E-state index is 2.44. The molecule has 1 saturated carbocycles. The van der Waals surface area contributed by atoms with Gasteiger partial charge in [0.25, 0.3) is 0 Å². The van der Waals surface area contributed by atoms with E-state index in [9.17, 15) is 0 Å². The Bertz CT molecular complexity index is 128. The molecule has 0 radical (unpaired) electrons. The molecule has 0 heteroatoms. The monoisotopic (exact) mass is 182 g/mol. The van der Waals surface area contributed by atoms with Crippen LogP contribution in [0.2, 0.25) is 0 Å². The highest BCUT2D eigenvalue weighted by atomic mass is 14.3. The Kier molecular flexibility index (Phi) is 4.83. The van der Waals surface area contributed by atoms with Crippen LogP contribution in [0.25, 0.3) is 0 Å². The fraction of sp³-hybridized carbons (Fsp3) is 1.00. The molecule has 0 spiro atoms. The van der Waals surface area contributed by atoms with Crippen molar-refractivity contribution in [1.82, 2.24) is 0 Å². The van der Waals surface area contributed by atoms with Crippen LogP contribution in [0.15, 0.2) is 0 Å². The van der Waals surface area contributed by atoms with Crippen LogP contribution in [-0.4, -0.2) is 0 Å².